The second-order valence-corrected chi connectivity index (χ2v) is 2.79. The third kappa shape index (κ3) is 2.00. The molecule has 0 bridgehead atoms. The highest BCUT2D eigenvalue weighted by molar-refractivity contribution is 5.65. The summed E-state index contributed by atoms with van der Waals surface area (Å²) in [5, 5.41) is 0. The average molecular weight is 173 g/mol. The van der Waals surface area contributed by atoms with Gasteiger partial charge in [-0.2, -0.15) is 0 Å². The van der Waals surface area contributed by atoms with Crippen LogP contribution in [-0.4, -0.2) is 4.98 Å². The monoisotopic (exact) mass is 173 g/mol. The van der Waals surface area contributed by atoms with Gasteiger partial charge < -0.3 is 4.98 Å². The molecule has 1 nitrogen and oxygen atoms in total. The number of rotatable bonds is 4. The Morgan fingerprint density at radius 2 is 2.23 bits per heavy atom. The molecule has 1 heteroatoms. The van der Waals surface area contributed by atoms with Gasteiger partial charge in [0.25, 0.3) is 0 Å². The number of H-pyrrole nitrogens is 1. The maximum Gasteiger partial charge on any atom is 0.0450 e. The molecule has 13 heavy (non-hydrogen) atoms. The summed E-state index contributed by atoms with van der Waals surface area (Å²) in [4.78, 5) is 3.18. The molecule has 0 aliphatic carbocycles. The minimum Gasteiger partial charge on any atom is -0.361 e. The largest absolute Gasteiger partial charge is 0.361 e. The SMILES string of the molecule is C=C/C=C\c1c(CC)c[nH]c1C=C. The standard InChI is InChI=1S/C12H15N/c1-4-7-8-11-10(5-2)9-13-12(11)6-3/h4,6-9,13H,1,3,5H2,2H3/b8-7-. The molecule has 0 amide bonds. The Morgan fingerprint density at radius 1 is 1.46 bits per heavy atom. The predicted octanol–water partition coefficient (Wildman–Crippen LogP) is 3.42. The van der Waals surface area contributed by atoms with Crippen LogP contribution in [0.1, 0.15) is 23.7 Å². The molecule has 0 saturated carbocycles. The molecule has 0 saturated heterocycles. The topological polar surface area (TPSA) is 15.8 Å². The molecule has 0 atom stereocenters. The van der Waals surface area contributed by atoms with Crippen molar-refractivity contribution in [2.75, 3.05) is 0 Å². The molecule has 0 radical (unpaired) electrons. The Bertz CT molecular complexity index is 329. The van der Waals surface area contributed by atoms with Crippen LogP contribution in [0.5, 0.6) is 0 Å². The Morgan fingerprint density at radius 3 is 2.77 bits per heavy atom. The molecule has 68 valence electrons. The number of nitrogens with one attached hydrogen (secondary N) is 1. The number of hydrogen-bond acceptors (Lipinski definition) is 0. The molecule has 0 unspecified atom stereocenters. The summed E-state index contributed by atoms with van der Waals surface area (Å²) in [6, 6.07) is 0. The number of aromatic nitrogens is 1. The number of aromatic amines is 1. The Kier molecular flexibility index (Phi) is 3.32. The highest BCUT2D eigenvalue weighted by Gasteiger charge is 2.02. The van der Waals surface area contributed by atoms with Gasteiger partial charge in [-0.25, -0.2) is 0 Å². The molecule has 0 aliphatic heterocycles. The summed E-state index contributed by atoms with van der Waals surface area (Å²) in [5.41, 5.74) is 3.61. The highest BCUT2D eigenvalue weighted by atomic mass is 14.7. The van der Waals surface area contributed by atoms with Gasteiger partial charge in [0.2, 0.25) is 0 Å². The summed E-state index contributed by atoms with van der Waals surface area (Å²) in [7, 11) is 0. The van der Waals surface area contributed by atoms with Crippen LogP contribution in [0.4, 0.5) is 0 Å². The molecule has 0 aliphatic rings. The van der Waals surface area contributed by atoms with Crippen molar-refractivity contribution in [2.45, 2.75) is 13.3 Å². The van der Waals surface area contributed by atoms with E-state index >= 15 is 0 Å². The summed E-state index contributed by atoms with van der Waals surface area (Å²) in [6.45, 7) is 9.54. The summed E-state index contributed by atoms with van der Waals surface area (Å²) < 4.78 is 0. The highest BCUT2D eigenvalue weighted by Crippen LogP contribution is 2.17. The van der Waals surface area contributed by atoms with Crippen molar-refractivity contribution in [1.82, 2.24) is 4.98 Å². The van der Waals surface area contributed by atoms with Crippen LogP contribution in [0.3, 0.4) is 0 Å². The molecule has 1 rings (SSSR count). The number of hydrogen-bond donors (Lipinski definition) is 1. The van der Waals surface area contributed by atoms with Crippen molar-refractivity contribution in [3.05, 3.63) is 48.3 Å². The van der Waals surface area contributed by atoms with E-state index in [1.54, 1.807) is 6.08 Å². The molecular formula is C12H15N. The van der Waals surface area contributed by atoms with Crippen LogP contribution in [-0.2, 0) is 6.42 Å². The number of aryl methyl sites for hydroxylation is 1. The van der Waals surface area contributed by atoms with Gasteiger partial charge in [0.1, 0.15) is 0 Å². The van der Waals surface area contributed by atoms with Crippen LogP contribution in [0.25, 0.3) is 12.2 Å². The first-order valence-corrected chi connectivity index (χ1v) is 4.45. The van der Waals surface area contributed by atoms with Crippen molar-refractivity contribution in [3.8, 4) is 0 Å². The van der Waals surface area contributed by atoms with Crippen LogP contribution in [0, 0.1) is 0 Å². The molecule has 1 aromatic heterocycles. The lowest BCUT2D eigenvalue weighted by atomic mass is 10.1. The van der Waals surface area contributed by atoms with Crippen molar-refractivity contribution in [2.24, 2.45) is 0 Å². The van der Waals surface area contributed by atoms with Gasteiger partial charge in [-0.05, 0) is 18.1 Å². The van der Waals surface area contributed by atoms with Gasteiger partial charge in [-0.1, -0.05) is 38.3 Å². The maximum absolute atomic E-state index is 3.76. The summed E-state index contributed by atoms with van der Waals surface area (Å²) in [5.74, 6) is 0. The average Bonchev–Trinajstić information content (AvgIpc) is 2.56. The van der Waals surface area contributed by atoms with E-state index in [0.717, 1.165) is 12.1 Å². The van der Waals surface area contributed by atoms with Gasteiger partial charge >= 0.3 is 0 Å². The molecule has 0 spiro atoms. The predicted molar refractivity (Wildman–Crippen MR) is 59.5 cm³/mol. The van der Waals surface area contributed by atoms with E-state index in [1.165, 1.54) is 11.1 Å². The first-order valence-electron chi connectivity index (χ1n) is 4.45. The molecule has 0 aromatic carbocycles. The third-order valence-corrected chi connectivity index (χ3v) is 2.02. The normalized spacial score (nSPS) is 10.5. The van der Waals surface area contributed by atoms with E-state index in [1.807, 2.05) is 18.3 Å². The lowest BCUT2D eigenvalue weighted by Gasteiger charge is -1.95. The Hall–Kier alpha value is -1.50. The van der Waals surface area contributed by atoms with Gasteiger partial charge in [0.15, 0.2) is 0 Å². The molecule has 1 heterocycles. The fourth-order valence-corrected chi connectivity index (χ4v) is 1.32. The van der Waals surface area contributed by atoms with E-state index in [9.17, 15) is 0 Å². The van der Waals surface area contributed by atoms with E-state index < -0.39 is 0 Å². The zero-order chi connectivity index (χ0) is 9.68. The first-order chi connectivity index (χ1) is 6.33. The fourth-order valence-electron chi connectivity index (χ4n) is 1.32. The zero-order valence-electron chi connectivity index (χ0n) is 8.01. The van der Waals surface area contributed by atoms with E-state index in [2.05, 4.69) is 31.1 Å². The van der Waals surface area contributed by atoms with Crippen molar-refractivity contribution < 1.29 is 0 Å². The smallest absolute Gasteiger partial charge is 0.0450 e. The van der Waals surface area contributed by atoms with Crippen LogP contribution >= 0.6 is 0 Å². The van der Waals surface area contributed by atoms with E-state index in [-0.39, 0.29) is 0 Å². The number of allylic oxidation sites excluding steroid dienone is 2. The van der Waals surface area contributed by atoms with Gasteiger partial charge in [-0.3, -0.25) is 0 Å². The van der Waals surface area contributed by atoms with E-state index in [4.69, 9.17) is 0 Å². The first kappa shape index (κ1) is 9.59. The quantitative estimate of drug-likeness (QED) is 0.671. The maximum atomic E-state index is 3.76. The Balaban J connectivity index is 3.11. The molecule has 1 aromatic rings. The summed E-state index contributed by atoms with van der Waals surface area (Å²) >= 11 is 0. The molecular weight excluding hydrogens is 158 g/mol. The minimum atomic E-state index is 1.03. The van der Waals surface area contributed by atoms with E-state index in [0.29, 0.717) is 0 Å². The minimum absolute atomic E-state index is 1.03. The van der Waals surface area contributed by atoms with Crippen molar-refractivity contribution >= 4 is 12.2 Å². The lowest BCUT2D eigenvalue weighted by Crippen LogP contribution is -1.80. The summed E-state index contributed by atoms with van der Waals surface area (Å²) in [6.07, 6.45) is 10.7. The van der Waals surface area contributed by atoms with Crippen molar-refractivity contribution in [3.63, 3.8) is 0 Å². The molecule has 1 N–H and O–H groups in total. The third-order valence-electron chi connectivity index (χ3n) is 2.02. The van der Waals surface area contributed by atoms with Crippen LogP contribution < -0.4 is 0 Å². The second kappa shape index (κ2) is 4.51. The lowest BCUT2D eigenvalue weighted by molar-refractivity contribution is 1.14. The van der Waals surface area contributed by atoms with Gasteiger partial charge in [0.05, 0.1) is 0 Å². The van der Waals surface area contributed by atoms with Gasteiger partial charge in [-0.15, -0.1) is 0 Å². The van der Waals surface area contributed by atoms with Gasteiger partial charge in [0, 0.05) is 17.5 Å². The molecule has 0 fully saturated rings. The van der Waals surface area contributed by atoms with Crippen molar-refractivity contribution in [1.29, 1.82) is 0 Å². The Labute approximate surface area is 79.5 Å². The zero-order valence-corrected chi connectivity index (χ0v) is 8.01. The second-order valence-electron chi connectivity index (χ2n) is 2.79. The fraction of sp³-hybridized carbons (Fsp3) is 0.167. The van der Waals surface area contributed by atoms with Crippen LogP contribution in [0.15, 0.2) is 31.5 Å². The van der Waals surface area contributed by atoms with Crippen LogP contribution in [0.2, 0.25) is 0 Å².